The summed E-state index contributed by atoms with van der Waals surface area (Å²) in [6.07, 6.45) is 36.1. The predicted octanol–water partition coefficient (Wildman–Crippen LogP) is 17.9. The first-order valence-corrected chi connectivity index (χ1v) is 25.3. The molecule has 2 rings (SSSR count). The van der Waals surface area contributed by atoms with Crippen molar-refractivity contribution in [3.05, 3.63) is 64.7 Å². The van der Waals surface area contributed by atoms with Gasteiger partial charge in [0.25, 0.3) is 0 Å². The van der Waals surface area contributed by atoms with Gasteiger partial charge in [-0.25, -0.2) is 0 Å². The molecule has 1 unspecified atom stereocenters. The number of benzene rings is 2. The van der Waals surface area contributed by atoms with Crippen molar-refractivity contribution in [2.45, 2.75) is 234 Å². The zero-order valence-electron chi connectivity index (χ0n) is 38.1. The molecule has 56 heavy (non-hydrogen) atoms. The molecule has 0 bridgehead atoms. The van der Waals surface area contributed by atoms with Gasteiger partial charge in [-0.1, -0.05) is 214 Å². The van der Waals surface area contributed by atoms with Crippen LogP contribution < -0.4 is 4.52 Å². The van der Waals surface area contributed by atoms with Crippen LogP contribution in [0.4, 0.5) is 0 Å². The summed E-state index contributed by atoms with van der Waals surface area (Å²) in [6.45, 7) is 17.6. The van der Waals surface area contributed by atoms with Crippen LogP contribution in [0.3, 0.4) is 0 Å². The van der Waals surface area contributed by atoms with Gasteiger partial charge in [0, 0.05) is 5.92 Å². The normalized spacial score (nSPS) is 12.4. The predicted molar refractivity (Wildman–Crippen MR) is 247 cm³/mol. The minimum absolute atomic E-state index is 0.371. The summed E-state index contributed by atoms with van der Waals surface area (Å²) in [4.78, 5) is 0. The largest absolute Gasteiger partial charge is 0.426 e. The van der Waals surface area contributed by atoms with E-state index in [2.05, 4.69) is 90.9 Å². The summed E-state index contributed by atoms with van der Waals surface area (Å²) >= 11 is 0. The summed E-state index contributed by atoms with van der Waals surface area (Å²) in [7, 11) is -1.45. The van der Waals surface area contributed by atoms with Crippen LogP contribution in [0.5, 0.6) is 5.75 Å². The summed E-state index contributed by atoms with van der Waals surface area (Å²) < 4.78 is 19.7. The van der Waals surface area contributed by atoms with Gasteiger partial charge in [0.15, 0.2) is 0 Å². The Morgan fingerprint density at radius 2 is 0.964 bits per heavy atom. The fraction of sp³-hybridized carbons (Fsp3) is 0.769. The van der Waals surface area contributed by atoms with Gasteiger partial charge in [-0.15, -0.1) is 0 Å². The quantitative estimate of drug-likeness (QED) is 0.0501. The van der Waals surface area contributed by atoms with Crippen molar-refractivity contribution in [2.75, 3.05) is 13.2 Å². The van der Waals surface area contributed by atoms with Crippen molar-refractivity contribution in [1.82, 2.24) is 0 Å². The molecule has 2 aromatic carbocycles. The number of unbranched alkanes of at least 4 members (excludes halogenated alkanes) is 20. The van der Waals surface area contributed by atoms with Crippen molar-refractivity contribution in [3.63, 3.8) is 0 Å². The van der Waals surface area contributed by atoms with E-state index in [1.807, 2.05) is 0 Å². The molecule has 0 amide bonds. The molecule has 1 atom stereocenters. The lowest BCUT2D eigenvalue weighted by molar-refractivity contribution is 0.198. The van der Waals surface area contributed by atoms with E-state index < -0.39 is 8.60 Å². The number of hydrogen-bond donors (Lipinski definition) is 0. The van der Waals surface area contributed by atoms with Crippen LogP contribution >= 0.6 is 8.60 Å². The zero-order chi connectivity index (χ0) is 40.5. The van der Waals surface area contributed by atoms with E-state index >= 15 is 0 Å². The molecule has 0 aliphatic rings. The van der Waals surface area contributed by atoms with Gasteiger partial charge in [0.05, 0.1) is 13.2 Å². The monoisotopic (exact) mass is 794 g/mol. The summed E-state index contributed by atoms with van der Waals surface area (Å²) in [6, 6.07) is 17.4. The van der Waals surface area contributed by atoms with E-state index in [4.69, 9.17) is 13.6 Å². The van der Waals surface area contributed by atoms with E-state index in [0.29, 0.717) is 31.0 Å². The maximum Gasteiger partial charge on any atom is 0.397 e. The van der Waals surface area contributed by atoms with Gasteiger partial charge in [-0.2, -0.15) is 0 Å². The molecule has 2 aromatic rings. The molecule has 0 spiro atoms. The highest BCUT2D eigenvalue weighted by Crippen LogP contribution is 2.44. The maximum absolute atomic E-state index is 6.77. The fourth-order valence-corrected chi connectivity index (χ4v) is 8.76. The lowest BCUT2D eigenvalue weighted by Gasteiger charge is -2.23. The van der Waals surface area contributed by atoms with Crippen LogP contribution in [0.15, 0.2) is 36.4 Å². The van der Waals surface area contributed by atoms with Gasteiger partial charge >= 0.3 is 8.60 Å². The van der Waals surface area contributed by atoms with E-state index in [1.54, 1.807) is 0 Å². The topological polar surface area (TPSA) is 27.7 Å². The molecule has 0 aliphatic heterocycles. The third-order valence-corrected chi connectivity index (χ3v) is 12.5. The SMILES string of the molecule is CCCCCCCCCCCCCOP(OCCCCCCCCCCCCC)Oc1ccc(C(CCC)c2cc[c]c(CCC(C)C)c2)cc1CCC(C)C. The molecule has 3 nitrogen and oxygen atoms in total. The van der Waals surface area contributed by atoms with E-state index in [9.17, 15) is 0 Å². The van der Waals surface area contributed by atoms with E-state index in [-0.39, 0.29) is 0 Å². The molecule has 0 fully saturated rings. The maximum atomic E-state index is 6.77. The van der Waals surface area contributed by atoms with Crippen LogP contribution in [-0.2, 0) is 21.9 Å². The molecular formula is C52H90O3P. The molecule has 0 saturated heterocycles. The Morgan fingerprint density at radius 3 is 1.45 bits per heavy atom. The minimum Gasteiger partial charge on any atom is -0.426 e. The summed E-state index contributed by atoms with van der Waals surface area (Å²) in [5.41, 5.74) is 5.45. The first-order chi connectivity index (χ1) is 27.4. The second kappa shape index (κ2) is 34.5. The highest BCUT2D eigenvalue weighted by molar-refractivity contribution is 7.42. The van der Waals surface area contributed by atoms with Gasteiger partial charge in [0.1, 0.15) is 5.75 Å². The Bertz CT molecular complexity index is 1150. The molecule has 321 valence electrons. The molecule has 0 N–H and O–H groups in total. The standard InChI is InChI=1S/C52H90O3P/c1-8-11-13-15-17-19-21-23-25-27-29-41-53-56(54-42-30-28-26-24-22-20-18-16-14-12-9-2)55-52-40-39-49(44-50(52)38-36-46(6)7)51(32-10-3)48-34-31-33-47(43-48)37-35-45(4)5/h31,34,39-40,43-46,51H,8-30,32,35-38,41-42H2,1-7H3. The molecule has 4 heteroatoms. The third kappa shape index (κ3) is 25.2. The zero-order valence-corrected chi connectivity index (χ0v) is 39.0. The van der Waals surface area contributed by atoms with Gasteiger partial charge in [0.2, 0.25) is 0 Å². The first-order valence-electron chi connectivity index (χ1n) is 24.2. The van der Waals surface area contributed by atoms with Crippen LogP contribution in [0.25, 0.3) is 0 Å². The van der Waals surface area contributed by atoms with Crippen molar-refractivity contribution < 1.29 is 13.6 Å². The molecule has 0 aliphatic carbocycles. The fourth-order valence-electron chi connectivity index (χ4n) is 7.68. The Hall–Kier alpha value is -1.41. The molecule has 0 saturated carbocycles. The lowest BCUT2D eigenvalue weighted by atomic mass is 9.85. The number of hydrogen-bond acceptors (Lipinski definition) is 3. The second-order valence-corrected chi connectivity index (χ2v) is 18.9. The molecule has 1 radical (unpaired) electrons. The average molecular weight is 794 g/mol. The Balaban J connectivity index is 2.06. The van der Waals surface area contributed by atoms with Crippen LogP contribution in [-0.4, -0.2) is 13.2 Å². The van der Waals surface area contributed by atoms with Crippen molar-refractivity contribution in [2.24, 2.45) is 11.8 Å². The first kappa shape index (κ1) is 50.7. The number of aryl methyl sites for hydroxylation is 2. The lowest BCUT2D eigenvalue weighted by Crippen LogP contribution is -2.06. The van der Waals surface area contributed by atoms with Gasteiger partial charge < -0.3 is 13.6 Å². The average Bonchev–Trinajstić information content (AvgIpc) is 3.19. The van der Waals surface area contributed by atoms with Crippen molar-refractivity contribution in [3.8, 4) is 5.75 Å². The Morgan fingerprint density at radius 1 is 0.500 bits per heavy atom. The summed E-state index contributed by atoms with van der Waals surface area (Å²) in [5.74, 6) is 2.65. The van der Waals surface area contributed by atoms with Crippen molar-refractivity contribution in [1.29, 1.82) is 0 Å². The Kier molecular flexibility index (Phi) is 31.2. The highest BCUT2D eigenvalue weighted by atomic mass is 31.2. The van der Waals surface area contributed by atoms with E-state index in [0.717, 1.165) is 50.7 Å². The minimum atomic E-state index is -1.45. The van der Waals surface area contributed by atoms with Crippen LogP contribution in [0.2, 0.25) is 0 Å². The van der Waals surface area contributed by atoms with Gasteiger partial charge in [-0.3, -0.25) is 0 Å². The smallest absolute Gasteiger partial charge is 0.397 e. The van der Waals surface area contributed by atoms with Crippen molar-refractivity contribution >= 4 is 8.60 Å². The second-order valence-electron chi connectivity index (χ2n) is 17.8. The Labute approximate surface area is 350 Å². The molecular weight excluding hydrogens is 704 g/mol. The third-order valence-electron chi connectivity index (χ3n) is 11.4. The summed E-state index contributed by atoms with van der Waals surface area (Å²) in [5, 5.41) is 0. The highest BCUT2D eigenvalue weighted by Gasteiger charge is 2.21. The number of rotatable bonds is 38. The van der Waals surface area contributed by atoms with Gasteiger partial charge in [-0.05, 0) is 91.2 Å². The van der Waals surface area contributed by atoms with E-state index in [1.165, 1.54) is 157 Å². The van der Waals surface area contributed by atoms with Crippen LogP contribution in [0.1, 0.15) is 244 Å². The molecule has 0 aromatic heterocycles. The molecule has 0 heterocycles. The van der Waals surface area contributed by atoms with Crippen LogP contribution in [0, 0.1) is 17.9 Å².